The molecule has 0 radical (unpaired) electrons. The fraction of sp³-hybridized carbons (Fsp3) is 0.250. The molecule has 0 saturated carbocycles. The van der Waals surface area contributed by atoms with Crippen LogP contribution >= 0.6 is 0 Å². The summed E-state index contributed by atoms with van der Waals surface area (Å²) < 4.78 is 0. The molecule has 2 aromatic carbocycles. The van der Waals surface area contributed by atoms with Gasteiger partial charge in [-0.3, -0.25) is 0 Å². The van der Waals surface area contributed by atoms with Crippen LogP contribution in [0, 0.1) is 13.8 Å². The zero-order chi connectivity index (χ0) is 12.9. The van der Waals surface area contributed by atoms with Crippen molar-refractivity contribution in [1.29, 1.82) is 0 Å². The summed E-state index contributed by atoms with van der Waals surface area (Å²) in [5, 5.41) is 7.57. The summed E-state index contributed by atoms with van der Waals surface area (Å²) in [6.07, 6.45) is 0. The van der Waals surface area contributed by atoms with E-state index in [9.17, 15) is 0 Å². The molecule has 1 heteroatoms. The maximum atomic E-state index is 7.57. The Kier molecular flexibility index (Phi) is 9.88. The first-order chi connectivity index (χ1) is 8.20. The molecule has 92 valence electrons. The van der Waals surface area contributed by atoms with Gasteiger partial charge < -0.3 is 5.11 Å². The van der Waals surface area contributed by atoms with Crippen LogP contribution in [-0.4, -0.2) is 11.7 Å². The van der Waals surface area contributed by atoms with Gasteiger partial charge in [0.15, 0.2) is 0 Å². The fourth-order valence-corrected chi connectivity index (χ4v) is 1.07. The molecule has 2 rings (SSSR count). The predicted molar refractivity (Wildman–Crippen MR) is 75.1 cm³/mol. The summed E-state index contributed by atoms with van der Waals surface area (Å²) >= 11 is 0. The van der Waals surface area contributed by atoms with Gasteiger partial charge in [0, 0.05) is 6.61 Å². The Labute approximate surface area is 105 Å². The van der Waals surface area contributed by atoms with E-state index in [1.807, 2.05) is 36.4 Å². The van der Waals surface area contributed by atoms with Crippen molar-refractivity contribution in [2.24, 2.45) is 0 Å². The molecule has 0 bridgehead atoms. The second-order valence-electron chi connectivity index (χ2n) is 3.63. The van der Waals surface area contributed by atoms with E-state index in [4.69, 9.17) is 5.11 Å². The summed E-state index contributed by atoms with van der Waals surface area (Å²) in [7, 11) is 0. The normalized spacial score (nSPS) is 8.24. The van der Waals surface area contributed by atoms with Crippen LogP contribution in [0.15, 0.2) is 60.7 Å². The lowest BCUT2D eigenvalue weighted by molar-refractivity contribution is 0.318. The SMILES string of the molecule is CCO.Cc1ccccc1.Cc1ccccc1. The second-order valence-corrected chi connectivity index (χ2v) is 3.63. The quantitative estimate of drug-likeness (QED) is 0.725. The number of aliphatic hydroxyl groups is 1. The largest absolute Gasteiger partial charge is 0.397 e. The van der Waals surface area contributed by atoms with Crippen molar-refractivity contribution in [3.63, 3.8) is 0 Å². The molecule has 0 aliphatic heterocycles. The van der Waals surface area contributed by atoms with Crippen LogP contribution in [0.25, 0.3) is 0 Å². The predicted octanol–water partition coefficient (Wildman–Crippen LogP) is 3.99. The molecule has 2 aromatic rings. The first-order valence-electron chi connectivity index (χ1n) is 5.84. The standard InChI is InChI=1S/2C7H8.C2H6O/c2*1-7-5-3-2-4-6-7;1-2-3/h2*2-6H,1H3;3H,2H2,1H3. The molecule has 0 fully saturated rings. The lowest BCUT2D eigenvalue weighted by Crippen LogP contribution is -1.62. The summed E-state index contributed by atoms with van der Waals surface area (Å²) in [5.74, 6) is 0. The maximum absolute atomic E-state index is 7.57. The lowest BCUT2D eigenvalue weighted by atomic mass is 10.2. The van der Waals surface area contributed by atoms with Gasteiger partial charge in [-0.1, -0.05) is 71.8 Å². The monoisotopic (exact) mass is 230 g/mol. The topological polar surface area (TPSA) is 20.2 Å². The Morgan fingerprint density at radius 1 is 0.706 bits per heavy atom. The fourth-order valence-electron chi connectivity index (χ4n) is 1.07. The highest BCUT2D eigenvalue weighted by Gasteiger charge is 1.72. The van der Waals surface area contributed by atoms with E-state index in [0.717, 1.165) is 0 Å². The number of aryl methyl sites for hydroxylation is 2. The Balaban J connectivity index is 0.000000247. The first kappa shape index (κ1) is 15.4. The van der Waals surface area contributed by atoms with Crippen LogP contribution in [0.4, 0.5) is 0 Å². The van der Waals surface area contributed by atoms with Gasteiger partial charge in [0.2, 0.25) is 0 Å². The molecule has 1 nitrogen and oxygen atoms in total. The van der Waals surface area contributed by atoms with Gasteiger partial charge >= 0.3 is 0 Å². The molecule has 0 unspecified atom stereocenters. The van der Waals surface area contributed by atoms with Crippen molar-refractivity contribution in [2.75, 3.05) is 6.61 Å². The molecule has 0 aromatic heterocycles. The smallest absolute Gasteiger partial charge is 0.0402 e. The molecular weight excluding hydrogens is 208 g/mol. The molecular formula is C16H22O. The highest BCUT2D eigenvalue weighted by Crippen LogP contribution is 1.92. The van der Waals surface area contributed by atoms with Crippen molar-refractivity contribution >= 4 is 0 Å². The third kappa shape index (κ3) is 10.7. The molecule has 0 heterocycles. The Morgan fingerprint density at radius 3 is 1.06 bits per heavy atom. The minimum Gasteiger partial charge on any atom is -0.397 e. The first-order valence-corrected chi connectivity index (χ1v) is 5.84. The second kappa shape index (κ2) is 10.9. The molecule has 0 aliphatic carbocycles. The van der Waals surface area contributed by atoms with E-state index in [-0.39, 0.29) is 6.61 Å². The van der Waals surface area contributed by atoms with Crippen molar-refractivity contribution < 1.29 is 5.11 Å². The zero-order valence-corrected chi connectivity index (χ0v) is 10.9. The molecule has 0 amide bonds. The van der Waals surface area contributed by atoms with Crippen LogP contribution < -0.4 is 0 Å². The van der Waals surface area contributed by atoms with E-state index in [0.29, 0.717) is 0 Å². The average molecular weight is 230 g/mol. The van der Waals surface area contributed by atoms with Gasteiger partial charge in [-0.15, -0.1) is 0 Å². The Bertz CT molecular complexity index is 316. The van der Waals surface area contributed by atoms with Gasteiger partial charge in [-0.2, -0.15) is 0 Å². The van der Waals surface area contributed by atoms with Crippen molar-refractivity contribution in [3.05, 3.63) is 71.8 Å². The summed E-state index contributed by atoms with van der Waals surface area (Å²) in [5.41, 5.74) is 2.64. The minimum absolute atomic E-state index is 0.250. The molecule has 0 aliphatic rings. The van der Waals surface area contributed by atoms with Crippen molar-refractivity contribution in [3.8, 4) is 0 Å². The van der Waals surface area contributed by atoms with Crippen LogP contribution in [0.5, 0.6) is 0 Å². The minimum atomic E-state index is 0.250. The van der Waals surface area contributed by atoms with Crippen LogP contribution in [0.3, 0.4) is 0 Å². The average Bonchev–Trinajstić information content (AvgIpc) is 2.33. The van der Waals surface area contributed by atoms with Crippen molar-refractivity contribution in [2.45, 2.75) is 20.8 Å². The van der Waals surface area contributed by atoms with Crippen LogP contribution in [-0.2, 0) is 0 Å². The third-order valence-corrected chi connectivity index (χ3v) is 1.88. The van der Waals surface area contributed by atoms with E-state index in [1.54, 1.807) is 6.92 Å². The molecule has 0 saturated heterocycles. The van der Waals surface area contributed by atoms with Crippen LogP contribution in [0.1, 0.15) is 18.1 Å². The van der Waals surface area contributed by atoms with E-state index in [1.165, 1.54) is 11.1 Å². The Morgan fingerprint density at radius 2 is 0.941 bits per heavy atom. The highest BCUT2D eigenvalue weighted by atomic mass is 16.2. The van der Waals surface area contributed by atoms with E-state index in [2.05, 4.69) is 38.1 Å². The number of hydrogen-bond acceptors (Lipinski definition) is 1. The van der Waals surface area contributed by atoms with Gasteiger partial charge in [0.05, 0.1) is 0 Å². The van der Waals surface area contributed by atoms with Crippen molar-refractivity contribution in [1.82, 2.24) is 0 Å². The van der Waals surface area contributed by atoms with Gasteiger partial charge in [-0.05, 0) is 20.8 Å². The summed E-state index contributed by atoms with van der Waals surface area (Å²) in [6.45, 7) is 6.10. The Hall–Kier alpha value is -1.60. The zero-order valence-electron chi connectivity index (χ0n) is 10.9. The third-order valence-electron chi connectivity index (χ3n) is 1.88. The summed E-state index contributed by atoms with van der Waals surface area (Å²) in [6, 6.07) is 20.5. The molecule has 0 spiro atoms. The number of benzene rings is 2. The van der Waals surface area contributed by atoms with Gasteiger partial charge in [0.25, 0.3) is 0 Å². The highest BCUT2D eigenvalue weighted by molar-refractivity contribution is 5.12. The number of hydrogen-bond donors (Lipinski definition) is 1. The molecule has 17 heavy (non-hydrogen) atoms. The van der Waals surface area contributed by atoms with Gasteiger partial charge in [0.1, 0.15) is 0 Å². The number of aliphatic hydroxyl groups excluding tert-OH is 1. The van der Waals surface area contributed by atoms with E-state index >= 15 is 0 Å². The number of rotatable bonds is 0. The van der Waals surface area contributed by atoms with E-state index < -0.39 is 0 Å². The maximum Gasteiger partial charge on any atom is 0.0402 e. The lowest BCUT2D eigenvalue weighted by Gasteiger charge is -1.82. The summed E-state index contributed by atoms with van der Waals surface area (Å²) in [4.78, 5) is 0. The van der Waals surface area contributed by atoms with Gasteiger partial charge in [-0.25, -0.2) is 0 Å². The molecule has 0 atom stereocenters. The van der Waals surface area contributed by atoms with Crippen LogP contribution in [0.2, 0.25) is 0 Å². The molecule has 1 N–H and O–H groups in total.